The number of anilines is 3. The number of nitrogens with zero attached hydrogens (tertiary/aromatic N) is 5. The predicted molar refractivity (Wildman–Crippen MR) is 124 cm³/mol. The lowest BCUT2D eigenvalue weighted by atomic mass is 9.93. The highest BCUT2D eigenvalue weighted by Crippen LogP contribution is 2.39. The molecule has 3 fully saturated rings. The zero-order valence-electron chi connectivity index (χ0n) is 18.6. The molecule has 3 aromatic rings. The van der Waals surface area contributed by atoms with E-state index in [2.05, 4.69) is 20.8 Å². The van der Waals surface area contributed by atoms with Crippen LogP contribution in [0.5, 0.6) is 0 Å². The summed E-state index contributed by atoms with van der Waals surface area (Å²) in [6.45, 7) is 0.742. The summed E-state index contributed by atoms with van der Waals surface area (Å²) in [5, 5.41) is 23.8. The van der Waals surface area contributed by atoms with Crippen LogP contribution in [0.3, 0.4) is 0 Å². The number of aliphatic hydroxyl groups is 1. The molecule has 10 heteroatoms. The smallest absolute Gasteiger partial charge is 0.243 e. The van der Waals surface area contributed by atoms with Gasteiger partial charge in [-0.1, -0.05) is 0 Å². The second-order valence-electron chi connectivity index (χ2n) is 9.56. The topological polar surface area (TPSA) is 123 Å². The van der Waals surface area contributed by atoms with E-state index in [0.717, 1.165) is 62.2 Å². The van der Waals surface area contributed by atoms with E-state index in [4.69, 9.17) is 9.97 Å². The summed E-state index contributed by atoms with van der Waals surface area (Å²) in [5.41, 5.74) is 1.93. The largest absolute Gasteiger partial charge is 0.393 e. The van der Waals surface area contributed by atoms with Crippen molar-refractivity contribution in [2.45, 2.75) is 75.5 Å². The van der Waals surface area contributed by atoms with Crippen LogP contribution in [0, 0.1) is 0 Å². The number of carbonyl (C=O) groups is 1. The van der Waals surface area contributed by atoms with Crippen molar-refractivity contribution in [1.82, 2.24) is 29.9 Å². The average molecular weight is 451 g/mol. The van der Waals surface area contributed by atoms with Crippen LogP contribution < -0.4 is 15.5 Å². The summed E-state index contributed by atoms with van der Waals surface area (Å²) in [5.74, 6) is 2.53. The number of aromatic nitrogens is 5. The van der Waals surface area contributed by atoms with Crippen LogP contribution in [0.2, 0.25) is 0 Å². The fourth-order valence-electron chi connectivity index (χ4n) is 5.05. The van der Waals surface area contributed by atoms with Crippen LogP contribution >= 0.6 is 0 Å². The third-order valence-electron chi connectivity index (χ3n) is 7.09. The van der Waals surface area contributed by atoms with Crippen molar-refractivity contribution in [3.05, 3.63) is 30.1 Å². The van der Waals surface area contributed by atoms with Crippen molar-refractivity contribution >= 4 is 29.3 Å². The van der Waals surface area contributed by atoms with E-state index < -0.39 is 0 Å². The maximum atomic E-state index is 13.1. The molecule has 0 bridgehead atoms. The first-order valence-electron chi connectivity index (χ1n) is 12.1. The number of amides is 1. The van der Waals surface area contributed by atoms with Gasteiger partial charge in [-0.15, -0.1) is 0 Å². The Bertz CT molecular complexity index is 1140. The standard InChI is InChI=1S/C23H30N8O2/c32-16-9-7-15(8-10-16)24-21(33)18-3-1-11-30(18)23-26-20-4-2-12-31(20)22(27-23)25-19-13-17(28-29-19)14-5-6-14/h2,4,12-16,18,32H,1,3,5-11H2,(H,24,33)(H2,25,26,27,28,29)/t15?,16?,18-/m0/s1. The van der Waals surface area contributed by atoms with Crippen molar-refractivity contribution in [1.29, 1.82) is 0 Å². The van der Waals surface area contributed by atoms with Gasteiger partial charge in [0.2, 0.25) is 17.8 Å². The molecule has 174 valence electrons. The van der Waals surface area contributed by atoms with Gasteiger partial charge < -0.3 is 20.6 Å². The highest BCUT2D eigenvalue weighted by atomic mass is 16.3. The number of aromatic amines is 1. The SMILES string of the molecule is O=C(NC1CCC(O)CC1)[C@@H]1CCCN1c1nc(Nc2cc(C3CC3)[nH]n2)n2cccc2n1. The van der Waals surface area contributed by atoms with E-state index in [1.165, 1.54) is 12.8 Å². The van der Waals surface area contributed by atoms with E-state index in [-0.39, 0.29) is 24.1 Å². The Labute approximate surface area is 191 Å². The molecule has 1 saturated heterocycles. The van der Waals surface area contributed by atoms with Crippen LogP contribution in [0.15, 0.2) is 24.4 Å². The Morgan fingerprint density at radius 3 is 2.79 bits per heavy atom. The molecule has 10 nitrogen and oxygen atoms in total. The maximum absolute atomic E-state index is 13.1. The molecule has 1 atom stereocenters. The van der Waals surface area contributed by atoms with E-state index in [1.807, 2.05) is 33.7 Å². The van der Waals surface area contributed by atoms with Crippen molar-refractivity contribution in [2.24, 2.45) is 0 Å². The average Bonchev–Trinajstić information content (AvgIpc) is 3.20. The lowest BCUT2D eigenvalue weighted by Crippen LogP contribution is -2.48. The highest BCUT2D eigenvalue weighted by molar-refractivity contribution is 5.85. The van der Waals surface area contributed by atoms with Gasteiger partial charge in [0, 0.05) is 36.5 Å². The summed E-state index contributed by atoms with van der Waals surface area (Å²) in [6.07, 6.45) is 8.95. The summed E-state index contributed by atoms with van der Waals surface area (Å²) < 4.78 is 1.90. The molecule has 6 rings (SSSR count). The van der Waals surface area contributed by atoms with E-state index in [0.29, 0.717) is 17.8 Å². The number of carbonyl (C=O) groups excluding carboxylic acids is 1. The third kappa shape index (κ3) is 4.15. The molecule has 0 unspecified atom stereocenters. The molecule has 3 aromatic heterocycles. The van der Waals surface area contributed by atoms with Crippen molar-refractivity contribution < 1.29 is 9.90 Å². The molecule has 4 N–H and O–H groups in total. The van der Waals surface area contributed by atoms with E-state index >= 15 is 0 Å². The van der Waals surface area contributed by atoms with Crippen molar-refractivity contribution in [3.8, 4) is 0 Å². The number of aliphatic hydroxyl groups excluding tert-OH is 1. The molecule has 4 heterocycles. The number of rotatable bonds is 6. The van der Waals surface area contributed by atoms with Crippen LogP contribution in [0.25, 0.3) is 5.65 Å². The number of hydrogen-bond acceptors (Lipinski definition) is 7. The second kappa shape index (κ2) is 8.33. The predicted octanol–water partition coefficient (Wildman–Crippen LogP) is 2.46. The first-order valence-corrected chi connectivity index (χ1v) is 12.1. The molecule has 0 aromatic carbocycles. The lowest BCUT2D eigenvalue weighted by Gasteiger charge is -2.29. The molecule has 0 radical (unpaired) electrons. The first kappa shape index (κ1) is 20.5. The molecule has 2 aliphatic carbocycles. The Morgan fingerprint density at radius 2 is 1.97 bits per heavy atom. The van der Waals surface area contributed by atoms with Gasteiger partial charge in [-0.2, -0.15) is 15.1 Å². The lowest BCUT2D eigenvalue weighted by molar-refractivity contribution is -0.123. The zero-order valence-corrected chi connectivity index (χ0v) is 18.6. The molecule has 1 aliphatic heterocycles. The maximum Gasteiger partial charge on any atom is 0.243 e. The van der Waals surface area contributed by atoms with Gasteiger partial charge >= 0.3 is 0 Å². The fourth-order valence-corrected chi connectivity index (χ4v) is 5.05. The van der Waals surface area contributed by atoms with Crippen molar-refractivity contribution in [2.75, 3.05) is 16.8 Å². The molecular weight excluding hydrogens is 420 g/mol. The molecule has 3 aliphatic rings. The normalized spacial score (nSPS) is 25.5. The molecule has 1 amide bonds. The number of nitrogens with one attached hydrogen (secondary N) is 3. The number of H-pyrrole nitrogens is 1. The quantitative estimate of drug-likeness (QED) is 0.455. The zero-order chi connectivity index (χ0) is 22.4. The highest BCUT2D eigenvalue weighted by Gasteiger charge is 2.34. The number of fused-ring (bicyclic) bond motifs is 1. The summed E-state index contributed by atoms with van der Waals surface area (Å²) in [6, 6.07) is 5.77. The summed E-state index contributed by atoms with van der Waals surface area (Å²) in [4.78, 5) is 24.7. The van der Waals surface area contributed by atoms with Gasteiger partial charge in [-0.25, -0.2) is 0 Å². The Kier molecular flexibility index (Phi) is 5.17. The van der Waals surface area contributed by atoms with Crippen LogP contribution in [-0.2, 0) is 4.79 Å². The Hall–Kier alpha value is -3.14. The van der Waals surface area contributed by atoms with Crippen LogP contribution in [-0.4, -0.2) is 60.3 Å². The molecule has 33 heavy (non-hydrogen) atoms. The first-order chi connectivity index (χ1) is 16.1. The summed E-state index contributed by atoms with van der Waals surface area (Å²) in [7, 11) is 0. The minimum absolute atomic E-state index is 0.0311. The third-order valence-corrected chi connectivity index (χ3v) is 7.09. The minimum Gasteiger partial charge on any atom is -0.393 e. The molecule has 0 spiro atoms. The second-order valence-corrected chi connectivity index (χ2v) is 9.56. The fraction of sp³-hybridized carbons (Fsp3) is 0.565. The molecular formula is C23H30N8O2. The van der Waals surface area contributed by atoms with Crippen molar-refractivity contribution in [3.63, 3.8) is 0 Å². The van der Waals surface area contributed by atoms with Gasteiger partial charge in [0.25, 0.3) is 0 Å². The van der Waals surface area contributed by atoms with Gasteiger partial charge in [-0.05, 0) is 63.5 Å². The minimum atomic E-state index is -0.283. The van der Waals surface area contributed by atoms with Gasteiger partial charge in [0.05, 0.1) is 6.10 Å². The summed E-state index contributed by atoms with van der Waals surface area (Å²) >= 11 is 0. The monoisotopic (exact) mass is 450 g/mol. The Morgan fingerprint density at radius 1 is 1.12 bits per heavy atom. The van der Waals surface area contributed by atoms with Gasteiger partial charge in [-0.3, -0.25) is 14.3 Å². The van der Waals surface area contributed by atoms with E-state index in [9.17, 15) is 9.90 Å². The van der Waals surface area contributed by atoms with E-state index in [1.54, 1.807) is 0 Å². The molecule has 2 saturated carbocycles. The Balaban J connectivity index is 1.23. The van der Waals surface area contributed by atoms with Crippen LogP contribution in [0.4, 0.5) is 17.7 Å². The van der Waals surface area contributed by atoms with Crippen LogP contribution in [0.1, 0.15) is 63.0 Å². The van der Waals surface area contributed by atoms with Gasteiger partial charge in [0.1, 0.15) is 11.7 Å². The number of hydrogen-bond donors (Lipinski definition) is 4. The van der Waals surface area contributed by atoms with Gasteiger partial charge in [0.15, 0.2) is 5.82 Å².